The first-order chi connectivity index (χ1) is 8.28. The van der Waals surface area contributed by atoms with Crippen LogP contribution in [0.5, 0.6) is 0 Å². The number of hydrogen-bond donors (Lipinski definition) is 2. The minimum atomic E-state index is 0.391. The predicted octanol–water partition coefficient (Wildman–Crippen LogP) is 1.81. The van der Waals surface area contributed by atoms with Gasteiger partial charge in [0, 0.05) is 19.7 Å². The zero-order valence-electron chi connectivity index (χ0n) is 10.3. The van der Waals surface area contributed by atoms with Gasteiger partial charge in [0.2, 0.25) is 0 Å². The molecule has 0 radical (unpaired) electrons. The molecule has 1 aliphatic carbocycles. The molecule has 17 heavy (non-hydrogen) atoms. The van der Waals surface area contributed by atoms with Crippen LogP contribution in [-0.2, 0) is 11.3 Å². The fraction of sp³-hybridized carbons (Fsp3) is 0.667. The summed E-state index contributed by atoms with van der Waals surface area (Å²) in [5.74, 6) is 2.88. The molecule has 0 amide bonds. The highest BCUT2D eigenvalue weighted by atomic mass is 16.5. The molecule has 0 bridgehead atoms. The molecule has 1 aliphatic rings. The van der Waals surface area contributed by atoms with E-state index in [1.165, 1.54) is 25.7 Å². The molecule has 0 aliphatic heterocycles. The van der Waals surface area contributed by atoms with Gasteiger partial charge in [0.1, 0.15) is 18.2 Å². The fourth-order valence-electron chi connectivity index (χ4n) is 1.82. The number of rotatable bonds is 7. The highest BCUT2D eigenvalue weighted by Gasteiger charge is 2.19. The van der Waals surface area contributed by atoms with Gasteiger partial charge in [-0.15, -0.1) is 0 Å². The summed E-state index contributed by atoms with van der Waals surface area (Å²) in [5, 5.41) is 3.28. The first-order valence-corrected chi connectivity index (χ1v) is 6.14. The molecular weight excluding hydrogens is 216 g/mol. The topological polar surface area (TPSA) is 73.1 Å². The van der Waals surface area contributed by atoms with E-state index in [4.69, 9.17) is 10.5 Å². The number of anilines is 2. The predicted molar refractivity (Wildman–Crippen MR) is 67.6 cm³/mol. The molecule has 0 saturated heterocycles. The number of hydrogen-bond acceptors (Lipinski definition) is 5. The molecule has 94 valence electrons. The van der Waals surface area contributed by atoms with Gasteiger partial charge in [0.05, 0.1) is 0 Å². The number of nitrogens with zero attached hydrogens (tertiary/aromatic N) is 2. The lowest BCUT2D eigenvalue weighted by Crippen LogP contribution is -2.08. The standard InChI is InChI=1S/C12H20N4O/c1-17-8-12-15-10(13)7-11(16-12)14-6-2-3-9-4-5-9/h7,9H,2-6,8H2,1H3,(H3,13,14,15,16). The van der Waals surface area contributed by atoms with Crippen molar-refractivity contribution in [1.82, 2.24) is 9.97 Å². The van der Waals surface area contributed by atoms with Crippen molar-refractivity contribution in [2.75, 3.05) is 24.7 Å². The van der Waals surface area contributed by atoms with E-state index in [1.807, 2.05) is 0 Å². The van der Waals surface area contributed by atoms with Gasteiger partial charge in [-0.05, 0) is 18.8 Å². The van der Waals surface area contributed by atoms with Crippen molar-refractivity contribution in [3.8, 4) is 0 Å². The summed E-state index contributed by atoms with van der Waals surface area (Å²) in [6.45, 7) is 1.33. The van der Waals surface area contributed by atoms with Gasteiger partial charge in [-0.3, -0.25) is 0 Å². The average molecular weight is 236 g/mol. The van der Waals surface area contributed by atoms with Crippen molar-refractivity contribution in [1.29, 1.82) is 0 Å². The summed E-state index contributed by atoms with van der Waals surface area (Å²) in [6, 6.07) is 1.76. The van der Waals surface area contributed by atoms with Gasteiger partial charge in [-0.25, -0.2) is 9.97 Å². The summed E-state index contributed by atoms with van der Waals surface area (Å²) < 4.78 is 4.99. The largest absolute Gasteiger partial charge is 0.384 e. The van der Waals surface area contributed by atoms with Crippen LogP contribution in [0.15, 0.2) is 6.07 Å². The molecule has 0 unspecified atom stereocenters. The van der Waals surface area contributed by atoms with Crippen LogP contribution in [0.4, 0.5) is 11.6 Å². The molecule has 5 heteroatoms. The number of nitrogen functional groups attached to an aromatic ring is 1. The quantitative estimate of drug-likeness (QED) is 0.706. The smallest absolute Gasteiger partial charge is 0.158 e. The van der Waals surface area contributed by atoms with Gasteiger partial charge in [0.25, 0.3) is 0 Å². The van der Waals surface area contributed by atoms with Crippen molar-refractivity contribution < 1.29 is 4.74 Å². The number of ether oxygens (including phenoxy) is 1. The zero-order chi connectivity index (χ0) is 12.1. The third-order valence-electron chi connectivity index (χ3n) is 2.86. The molecule has 1 saturated carbocycles. The fourth-order valence-corrected chi connectivity index (χ4v) is 1.82. The van der Waals surface area contributed by atoms with Crippen LogP contribution >= 0.6 is 0 Å². The Bertz CT molecular complexity index is 366. The van der Waals surface area contributed by atoms with Crippen molar-refractivity contribution in [2.24, 2.45) is 5.92 Å². The van der Waals surface area contributed by atoms with E-state index in [-0.39, 0.29) is 0 Å². The van der Waals surface area contributed by atoms with Crippen LogP contribution in [0.2, 0.25) is 0 Å². The van der Waals surface area contributed by atoms with E-state index >= 15 is 0 Å². The molecule has 1 heterocycles. The summed E-state index contributed by atoms with van der Waals surface area (Å²) in [6.07, 6.45) is 5.34. The molecule has 1 aromatic heterocycles. The summed E-state index contributed by atoms with van der Waals surface area (Å²) in [5.41, 5.74) is 5.71. The van der Waals surface area contributed by atoms with Gasteiger partial charge in [0.15, 0.2) is 5.82 Å². The van der Waals surface area contributed by atoms with Crippen LogP contribution < -0.4 is 11.1 Å². The third kappa shape index (κ3) is 4.19. The first-order valence-electron chi connectivity index (χ1n) is 6.14. The maximum Gasteiger partial charge on any atom is 0.158 e. The molecule has 0 aromatic carbocycles. The van der Waals surface area contributed by atoms with E-state index in [2.05, 4.69) is 15.3 Å². The lowest BCUT2D eigenvalue weighted by Gasteiger charge is -2.07. The summed E-state index contributed by atoms with van der Waals surface area (Å²) in [4.78, 5) is 8.42. The van der Waals surface area contributed by atoms with E-state index in [0.717, 1.165) is 18.3 Å². The molecule has 3 N–H and O–H groups in total. The monoisotopic (exact) mass is 236 g/mol. The Morgan fingerprint density at radius 1 is 1.47 bits per heavy atom. The summed E-state index contributed by atoms with van der Waals surface area (Å²) >= 11 is 0. The minimum Gasteiger partial charge on any atom is -0.384 e. The summed E-state index contributed by atoms with van der Waals surface area (Å²) in [7, 11) is 1.62. The van der Waals surface area contributed by atoms with Crippen LogP contribution in [0, 0.1) is 5.92 Å². The number of nitrogens with one attached hydrogen (secondary N) is 1. The number of nitrogens with two attached hydrogens (primary N) is 1. The highest BCUT2D eigenvalue weighted by Crippen LogP contribution is 2.33. The van der Waals surface area contributed by atoms with Crippen LogP contribution in [0.3, 0.4) is 0 Å². The molecule has 0 atom stereocenters. The van der Waals surface area contributed by atoms with Crippen molar-refractivity contribution in [3.05, 3.63) is 11.9 Å². The maximum absolute atomic E-state index is 5.71. The van der Waals surface area contributed by atoms with E-state index < -0.39 is 0 Å². The third-order valence-corrected chi connectivity index (χ3v) is 2.86. The molecule has 1 fully saturated rings. The van der Waals surface area contributed by atoms with E-state index in [9.17, 15) is 0 Å². The maximum atomic E-state index is 5.71. The number of methoxy groups -OCH3 is 1. The van der Waals surface area contributed by atoms with Crippen molar-refractivity contribution in [3.63, 3.8) is 0 Å². The second-order valence-electron chi connectivity index (χ2n) is 4.54. The van der Waals surface area contributed by atoms with Crippen LogP contribution in [-0.4, -0.2) is 23.6 Å². The lowest BCUT2D eigenvalue weighted by molar-refractivity contribution is 0.178. The van der Waals surface area contributed by atoms with Crippen LogP contribution in [0.1, 0.15) is 31.5 Å². The van der Waals surface area contributed by atoms with Gasteiger partial charge >= 0.3 is 0 Å². The average Bonchev–Trinajstić information content (AvgIpc) is 3.08. The Morgan fingerprint density at radius 3 is 3.00 bits per heavy atom. The van der Waals surface area contributed by atoms with Gasteiger partial charge in [-0.2, -0.15) is 0 Å². The molecule has 1 aromatic rings. The molecule has 5 nitrogen and oxygen atoms in total. The van der Waals surface area contributed by atoms with Crippen LogP contribution in [0.25, 0.3) is 0 Å². The Morgan fingerprint density at radius 2 is 2.29 bits per heavy atom. The van der Waals surface area contributed by atoms with E-state index in [0.29, 0.717) is 18.2 Å². The SMILES string of the molecule is COCc1nc(N)cc(NCCCC2CC2)n1. The highest BCUT2D eigenvalue weighted by molar-refractivity contribution is 5.44. The molecule has 2 rings (SSSR count). The Balaban J connectivity index is 1.80. The Hall–Kier alpha value is -1.36. The van der Waals surface area contributed by atoms with Gasteiger partial charge in [-0.1, -0.05) is 12.8 Å². The lowest BCUT2D eigenvalue weighted by atomic mass is 10.2. The second-order valence-corrected chi connectivity index (χ2v) is 4.54. The second kappa shape index (κ2) is 5.82. The molecular formula is C12H20N4O. The van der Waals surface area contributed by atoms with Crippen molar-refractivity contribution in [2.45, 2.75) is 32.3 Å². The van der Waals surface area contributed by atoms with Crippen molar-refractivity contribution >= 4 is 11.6 Å². The van der Waals surface area contributed by atoms with E-state index in [1.54, 1.807) is 13.2 Å². The number of aromatic nitrogens is 2. The first kappa shape index (κ1) is 12.1. The minimum absolute atomic E-state index is 0.391. The Kier molecular flexibility index (Phi) is 4.14. The Labute approximate surface area is 102 Å². The normalized spacial score (nSPS) is 14.9. The zero-order valence-corrected chi connectivity index (χ0v) is 10.3. The molecule has 0 spiro atoms. The van der Waals surface area contributed by atoms with Gasteiger partial charge < -0.3 is 15.8 Å².